The van der Waals surface area contributed by atoms with E-state index >= 15 is 0 Å². The first-order chi connectivity index (χ1) is 9.72. The van der Waals surface area contributed by atoms with Gasteiger partial charge >= 0.3 is 0 Å². The first-order valence-electron chi connectivity index (χ1n) is 7.57. The van der Waals surface area contributed by atoms with Gasteiger partial charge in [0, 0.05) is 29.2 Å². The van der Waals surface area contributed by atoms with Gasteiger partial charge in [-0.05, 0) is 48.9 Å². The average molecular weight is 270 g/mol. The molecule has 0 bridgehead atoms. The lowest BCUT2D eigenvalue weighted by atomic mass is 9.83. The third kappa shape index (κ3) is 2.87. The Bertz CT molecular complexity index is 594. The minimum Gasteiger partial charge on any atom is -0.361 e. The summed E-state index contributed by atoms with van der Waals surface area (Å²) in [5, 5.41) is 4.18. The number of rotatable bonds is 3. The molecule has 0 aliphatic heterocycles. The summed E-state index contributed by atoms with van der Waals surface area (Å²) in [6.07, 6.45) is 7.00. The van der Waals surface area contributed by atoms with Gasteiger partial charge in [0.15, 0.2) is 0 Å². The molecule has 1 aromatic heterocycles. The van der Waals surface area contributed by atoms with Crippen molar-refractivity contribution in [3.05, 3.63) is 36.0 Å². The molecule has 1 amide bonds. The first kappa shape index (κ1) is 13.2. The van der Waals surface area contributed by atoms with E-state index in [4.69, 9.17) is 0 Å². The number of amides is 1. The Hall–Kier alpha value is -1.77. The van der Waals surface area contributed by atoms with E-state index in [0.717, 1.165) is 28.9 Å². The van der Waals surface area contributed by atoms with Crippen LogP contribution in [0.1, 0.15) is 43.0 Å². The number of benzene rings is 1. The van der Waals surface area contributed by atoms with E-state index in [1.807, 2.05) is 30.5 Å². The van der Waals surface area contributed by atoms with Crippen LogP contribution in [0.4, 0.5) is 0 Å². The fraction of sp³-hybridized carbons (Fsp3) is 0.471. The molecule has 1 heterocycles. The zero-order valence-electron chi connectivity index (χ0n) is 12.0. The number of carbonyl (C=O) groups is 1. The average Bonchev–Trinajstić information content (AvgIpc) is 2.93. The van der Waals surface area contributed by atoms with Gasteiger partial charge in [-0.2, -0.15) is 0 Å². The standard InChI is InChI=1S/C17H22N2O/c1-12-2-4-13(5-3-12)11-19-17(20)15-6-7-16-14(10-15)8-9-18-16/h6-10,12-13,18H,2-5,11H2,1H3,(H,19,20). The molecular weight excluding hydrogens is 248 g/mol. The number of H-pyrrole nitrogens is 1. The highest BCUT2D eigenvalue weighted by atomic mass is 16.1. The van der Waals surface area contributed by atoms with Crippen LogP contribution in [0.5, 0.6) is 0 Å². The summed E-state index contributed by atoms with van der Waals surface area (Å²) in [4.78, 5) is 15.3. The maximum Gasteiger partial charge on any atom is 0.251 e. The molecule has 0 radical (unpaired) electrons. The minimum absolute atomic E-state index is 0.0479. The summed E-state index contributed by atoms with van der Waals surface area (Å²) < 4.78 is 0. The number of aromatic nitrogens is 1. The molecular formula is C17H22N2O. The zero-order valence-corrected chi connectivity index (χ0v) is 12.0. The minimum atomic E-state index is 0.0479. The predicted octanol–water partition coefficient (Wildman–Crippen LogP) is 3.72. The summed E-state index contributed by atoms with van der Waals surface area (Å²) in [7, 11) is 0. The van der Waals surface area contributed by atoms with Crippen molar-refractivity contribution in [2.24, 2.45) is 11.8 Å². The highest BCUT2D eigenvalue weighted by Gasteiger charge is 2.18. The van der Waals surface area contributed by atoms with Crippen LogP contribution in [-0.4, -0.2) is 17.4 Å². The van der Waals surface area contributed by atoms with E-state index in [1.54, 1.807) is 0 Å². The van der Waals surface area contributed by atoms with Crippen molar-refractivity contribution in [1.82, 2.24) is 10.3 Å². The van der Waals surface area contributed by atoms with Gasteiger partial charge in [-0.15, -0.1) is 0 Å². The number of hydrogen-bond donors (Lipinski definition) is 2. The Morgan fingerprint density at radius 3 is 2.85 bits per heavy atom. The Morgan fingerprint density at radius 2 is 2.05 bits per heavy atom. The second-order valence-corrected chi connectivity index (χ2v) is 6.12. The van der Waals surface area contributed by atoms with Gasteiger partial charge in [0.1, 0.15) is 0 Å². The largest absolute Gasteiger partial charge is 0.361 e. The van der Waals surface area contributed by atoms with E-state index in [9.17, 15) is 4.79 Å². The molecule has 20 heavy (non-hydrogen) atoms. The molecule has 2 aromatic rings. The van der Waals surface area contributed by atoms with E-state index in [0.29, 0.717) is 5.92 Å². The zero-order chi connectivity index (χ0) is 13.9. The van der Waals surface area contributed by atoms with Crippen molar-refractivity contribution in [3.8, 4) is 0 Å². The summed E-state index contributed by atoms with van der Waals surface area (Å²) in [6, 6.07) is 7.79. The Morgan fingerprint density at radius 1 is 1.25 bits per heavy atom. The normalized spacial score (nSPS) is 22.9. The van der Waals surface area contributed by atoms with E-state index in [1.165, 1.54) is 25.7 Å². The van der Waals surface area contributed by atoms with Crippen LogP contribution in [-0.2, 0) is 0 Å². The maximum atomic E-state index is 12.2. The fourth-order valence-electron chi connectivity index (χ4n) is 3.07. The smallest absolute Gasteiger partial charge is 0.251 e. The molecule has 0 spiro atoms. The van der Waals surface area contributed by atoms with Crippen LogP contribution in [0.15, 0.2) is 30.5 Å². The van der Waals surface area contributed by atoms with Gasteiger partial charge < -0.3 is 10.3 Å². The van der Waals surface area contributed by atoms with Gasteiger partial charge in [-0.25, -0.2) is 0 Å². The second-order valence-electron chi connectivity index (χ2n) is 6.12. The third-order valence-corrected chi connectivity index (χ3v) is 4.50. The van der Waals surface area contributed by atoms with E-state index < -0.39 is 0 Å². The van der Waals surface area contributed by atoms with Crippen LogP contribution < -0.4 is 5.32 Å². The summed E-state index contributed by atoms with van der Waals surface area (Å²) in [5.41, 5.74) is 1.82. The molecule has 1 fully saturated rings. The van der Waals surface area contributed by atoms with Crippen molar-refractivity contribution >= 4 is 16.8 Å². The van der Waals surface area contributed by atoms with Crippen molar-refractivity contribution in [1.29, 1.82) is 0 Å². The predicted molar refractivity (Wildman–Crippen MR) is 81.8 cm³/mol. The molecule has 3 heteroatoms. The van der Waals surface area contributed by atoms with Gasteiger partial charge in [-0.1, -0.05) is 19.8 Å². The van der Waals surface area contributed by atoms with Crippen LogP contribution in [0.3, 0.4) is 0 Å². The summed E-state index contributed by atoms with van der Waals surface area (Å²) in [6.45, 7) is 3.14. The number of nitrogens with one attached hydrogen (secondary N) is 2. The second kappa shape index (κ2) is 5.70. The molecule has 1 aromatic carbocycles. The van der Waals surface area contributed by atoms with Gasteiger partial charge in [0.05, 0.1) is 0 Å². The number of aromatic amines is 1. The van der Waals surface area contributed by atoms with Crippen LogP contribution >= 0.6 is 0 Å². The summed E-state index contributed by atoms with van der Waals surface area (Å²) in [5.74, 6) is 1.57. The number of carbonyl (C=O) groups excluding carboxylic acids is 1. The van der Waals surface area contributed by atoms with Crippen molar-refractivity contribution < 1.29 is 4.79 Å². The third-order valence-electron chi connectivity index (χ3n) is 4.50. The molecule has 106 valence electrons. The molecule has 1 saturated carbocycles. The monoisotopic (exact) mass is 270 g/mol. The van der Waals surface area contributed by atoms with Gasteiger partial charge in [0.2, 0.25) is 0 Å². The van der Waals surface area contributed by atoms with Crippen molar-refractivity contribution in [2.45, 2.75) is 32.6 Å². The molecule has 1 aliphatic rings. The lowest BCUT2D eigenvalue weighted by molar-refractivity contribution is 0.0942. The summed E-state index contributed by atoms with van der Waals surface area (Å²) >= 11 is 0. The number of hydrogen-bond acceptors (Lipinski definition) is 1. The van der Waals surface area contributed by atoms with Gasteiger partial charge in [0.25, 0.3) is 5.91 Å². The SMILES string of the molecule is CC1CCC(CNC(=O)c2ccc3[nH]ccc3c2)CC1. The van der Waals surface area contributed by atoms with E-state index in [2.05, 4.69) is 17.2 Å². The van der Waals surface area contributed by atoms with Gasteiger partial charge in [-0.3, -0.25) is 4.79 Å². The molecule has 0 unspecified atom stereocenters. The Labute approximate surface area is 119 Å². The first-order valence-corrected chi connectivity index (χ1v) is 7.57. The Balaban J connectivity index is 1.58. The quantitative estimate of drug-likeness (QED) is 0.877. The molecule has 1 aliphatic carbocycles. The molecule has 3 nitrogen and oxygen atoms in total. The maximum absolute atomic E-state index is 12.2. The van der Waals surface area contributed by atoms with Crippen molar-refractivity contribution in [2.75, 3.05) is 6.54 Å². The Kier molecular flexibility index (Phi) is 3.77. The number of fused-ring (bicyclic) bond motifs is 1. The highest BCUT2D eigenvalue weighted by molar-refractivity contribution is 5.98. The van der Waals surface area contributed by atoms with Crippen LogP contribution in [0, 0.1) is 11.8 Å². The fourth-order valence-corrected chi connectivity index (χ4v) is 3.07. The molecule has 3 rings (SSSR count). The highest BCUT2D eigenvalue weighted by Crippen LogP contribution is 2.27. The molecule has 2 N–H and O–H groups in total. The lowest BCUT2D eigenvalue weighted by Gasteiger charge is -2.26. The molecule has 0 atom stereocenters. The van der Waals surface area contributed by atoms with Crippen LogP contribution in [0.2, 0.25) is 0 Å². The topological polar surface area (TPSA) is 44.9 Å². The van der Waals surface area contributed by atoms with Crippen molar-refractivity contribution in [3.63, 3.8) is 0 Å². The van der Waals surface area contributed by atoms with E-state index in [-0.39, 0.29) is 5.91 Å². The van der Waals surface area contributed by atoms with Crippen LogP contribution in [0.25, 0.3) is 10.9 Å². The molecule has 0 saturated heterocycles. The lowest BCUT2D eigenvalue weighted by Crippen LogP contribution is -2.31.